The van der Waals surface area contributed by atoms with Crippen molar-refractivity contribution < 1.29 is 9.90 Å². The molecule has 112 valence electrons. The van der Waals surface area contributed by atoms with Gasteiger partial charge >= 0.3 is 0 Å². The topological polar surface area (TPSA) is 92.0 Å². The molecule has 6 heteroatoms. The molecule has 1 amide bonds. The lowest BCUT2D eigenvalue weighted by Crippen LogP contribution is -2.18. The van der Waals surface area contributed by atoms with Crippen molar-refractivity contribution in [2.75, 3.05) is 0 Å². The van der Waals surface area contributed by atoms with Crippen molar-refractivity contribution in [1.82, 2.24) is 9.97 Å². The predicted octanol–water partition coefficient (Wildman–Crippen LogP) is 2.26. The van der Waals surface area contributed by atoms with E-state index in [-0.39, 0.29) is 11.6 Å². The van der Waals surface area contributed by atoms with Crippen molar-refractivity contribution in [3.8, 4) is 0 Å². The van der Waals surface area contributed by atoms with E-state index in [2.05, 4.69) is 9.97 Å². The molecule has 0 fully saturated rings. The first kappa shape index (κ1) is 15.5. The largest absolute Gasteiger partial charge is 0.393 e. The van der Waals surface area contributed by atoms with Crippen LogP contribution in [0.15, 0.2) is 30.5 Å². The van der Waals surface area contributed by atoms with E-state index in [1.54, 1.807) is 6.92 Å². The molecule has 0 spiro atoms. The Morgan fingerprint density at radius 3 is 2.76 bits per heavy atom. The first-order chi connectivity index (χ1) is 9.99. The Morgan fingerprint density at radius 1 is 1.48 bits per heavy atom. The molecule has 0 radical (unpaired) electrons. The fourth-order valence-electron chi connectivity index (χ4n) is 2.27. The van der Waals surface area contributed by atoms with Crippen molar-refractivity contribution in [3.63, 3.8) is 0 Å². The zero-order valence-corrected chi connectivity index (χ0v) is 12.5. The Hall–Kier alpha value is -1.85. The number of benzene rings is 1. The molecule has 0 aliphatic carbocycles. The van der Waals surface area contributed by atoms with Crippen LogP contribution >= 0.6 is 11.6 Å². The second-order valence-corrected chi connectivity index (χ2v) is 5.43. The number of amides is 1. The fourth-order valence-corrected chi connectivity index (χ4v) is 2.50. The molecule has 0 saturated heterocycles. The number of carbonyl (C=O) groups is 1. The van der Waals surface area contributed by atoms with Crippen molar-refractivity contribution in [2.45, 2.75) is 31.8 Å². The second kappa shape index (κ2) is 6.74. The number of imidazole rings is 1. The molecule has 2 rings (SSSR count). The number of aliphatic hydroxyl groups excluding tert-OH is 1. The number of nitrogens with zero attached hydrogens (tertiary/aromatic N) is 1. The zero-order chi connectivity index (χ0) is 15.4. The standard InChI is InChI=1S/C15H18ClN3O2/c1-9(20)11(15-18-8-13(19-15)14(17)21)7-6-10-4-2-3-5-12(10)16/h2-5,8-9,11,20H,6-7H2,1H3,(H2,17,21)(H,18,19)/t9-,11-/m0/s1. The predicted molar refractivity (Wildman–Crippen MR) is 81.3 cm³/mol. The lowest BCUT2D eigenvalue weighted by Gasteiger charge is -2.18. The van der Waals surface area contributed by atoms with Crippen LogP contribution in [-0.2, 0) is 6.42 Å². The summed E-state index contributed by atoms with van der Waals surface area (Å²) in [6.45, 7) is 1.70. The van der Waals surface area contributed by atoms with Gasteiger partial charge in [0.25, 0.3) is 5.91 Å². The van der Waals surface area contributed by atoms with Gasteiger partial charge in [0.1, 0.15) is 11.5 Å². The minimum Gasteiger partial charge on any atom is -0.393 e. The summed E-state index contributed by atoms with van der Waals surface area (Å²) in [6, 6.07) is 7.60. The number of primary amides is 1. The van der Waals surface area contributed by atoms with Crippen LogP contribution in [0.2, 0.25) is 5.02 Å². The molecule has 21 heavy (non-hydrogen) atoms. The maximum Gasteiger partial charge on any atom is 0.266 e. The number of nitrogens with two attached hydrogens (primary N) is 1. The van der Waals surface area contributed by atoms with Crippen LogP contribution in [0.4, 0.5) is 0 Å². The molecule has 4 N–H and O–H groups in total. The average molecular weight is 308 g/mol. The van der Waals surface area contributed by atoms with Gasteiger partial charge in [-0.25, -0.2) is 4.98 Å². The lowest BCUT2D eigenvalue weighted by atomic mass is 9.94. The molecular formula is C15H18ClN3O2. The van der Waals surface area contributed by atoms with Crippen LogP contribution in [-0.4, -0.2) is 27.1 Å². The molecule has 2 aromatic rings. The Kier molecular flexibility index (Phi) is 4.98. The summed E-state index contributed by atoms with van der Waals surface area (Å²) >= 11 is 6.13. The minimum atomic E-state index is -0.598. The highest BCUT2D eigenvalue weighted by Crippen LogP contribution is 2.25. The average Bonchev–Trinajstić information content (AvgIpc) is 2.90. The van der Waals surface area contributed by atoms with E-state index in [0.717, 1.165) is 5.56 Å². The monoisotopic (exact) mass is 307 g/mol. The van der Waals surface area contributed by atoms with Gasteiger partial charge < -0.3 is 15.8 Å². The van der Waals surface area contributed by atoms with E-state index in [4.69, 9.17) is 17.3 Å². The molecular weight excluding hydrogens is 290 g/mol. The van der Waals surface area contributed by atoms with Crippen LogP contribution in [0.5, 0.6) is 0 Å². The molecule has 1 aromatic carbocycles. The number of carbonyl (C=O) groups excluding carboxylic acids is 1. The van der Waals surface area contributed by atoms with Gasteiger partial charge in [0, 0.05) is 10.9 Å². The number of rotatable bonds is 6. The molecule has 1 heterocycles. The van der Waals surface area contributed by atoms with Gasteiger partial charge in [-0.1, -0.05) is 29.8 Å². The van der Waals surface area contributed by atoms with E-state index in [1.165, 1.54) is 6.20 Å². The van der Waals surface area contributed by atoms with Crippen LogP contribution in [0.25, 0.3) is 0 Å². The second-order valence-electron chi connectivity index (χ2n) is 5.02. The Bertz CT molecular complexity index is 625. The van der Waals surface area contributed by atoms with E-state index >= 15 is 0 Å². The Morgan fingerprint density at radius 2 is 2.19 bits per heavy atom. The number of H-pyrrole nitrogens is 1. The van der Waals surface area contributed by atoms with Crippen molar-refractivity contribution in [3.05, 3.63) is 52.6 Å². The highest BCUT2D eigenvalue weighted by molar-refractivity contribution is 6.31. The van der Waals surface area contributed by atoms with Crippen LogP contribution in [0, 0.1) is 0 Å². The summed E-state index contributed by atoms with van der Waals surface area (Å²) in [4.78, 5) is 18.1. The summed E-state index contributed by atoms with van der Waals surface area (Å²) < 4.78 is 0. The number of hydrogen-bond donors (Lipinski definition) is 3. The maximum atomic E-state index is 11.1. The normalized spacial score (nSPS) is 13.9. The summed E-state index contributed by atoms with van der Waals surface area (Å²) in [5.74, 6) is -0.218. The minimum absolute atomic E-state index is 0.214. The van der Waals surface area contributed by atoms with Gasteiger partial charge in [0.15, 0.2) is 0 Å². The summed E-state index contributed by atoms with van der Waals surface area (Å²) in [5.41, 5.74) is 6.46. The van der Waals surface area contributed by atoms with Gasteiger partial charge in [0.2, 0.25) is 0 Å². The first-order valence-corrected chi connectivity index (χ1v) is 7.13. The molecule has 1 aromatic heterocycles. The number of halogens is 1. The first-order valence-electron chi connectivity index (χ1n) is 6.75. The van der Waals surface area contributed by atoms with E-state index in [0.29, 0.717) is 23.7 Å². The number of aryl methyl sites for hydroxylation is 1. The number of aromatic amines is 1. The molecule has 2 atom stereocenters. The highest BCUT2D eigenvalue weighted by Gasteiger charge is 2.21. The highest BCUT2D eigenvalue weighted by atomic mass is 35.5. The molecule has 0 unspecified atom stereocenters. The van der Waals surface area contributed by atoms with E-state index < -0.39 is 12.0 Å². The number of aromatic nitrogens is 2. The number of aliphatic hydroxyl groups is 1. The van der Waals surface area contributed by atoms with Gasteiger partial charge in [0.05, 0.1) is 12.3 Å². The smallest absolute Gasteiger partial charge is 0.266 e. The SMILES string of the molecule is C[C@H](O)[C@H](CCc1ccccc1Cl)c1ncc(C(N)=O)[nH]1. The zero-order valence-electron chi connectivity index (χ0n) is 11.7. The Labute approximate surface area is 128 Å². The third-order valence-corrected chi connectivity index (χ3v) is 3.85. The van der Waals surface area contributed by atoms with Crippen LogP contribution in [0.1, 0.15) is 41.1 Å². The number of hydrogen-bond acceptors (Lipinski definition) is 3. The molecule has 5 nitrogen and oxygen atoms in total. The van der Waals surface area contributed by atoms with E-state index in [9.17, 15) is 9.90 Å². The summed E-state index contributed by atoms with van der Waals surface area (Å²) in [6.07, 6.45) is 2.16. The van der Waals surface area contributed by atoms with Crippen LogP contribution in [0.3, 0.4) is 0 Å². The molecule has 0 saturated carbocycles. The van der Waals surface area contributed by atoms with Gasteiger partial charge in [-0.2, -0.15) is 0 Å². The van der Waals surface area contributed by atoms with Crippen molar-refractivity contribution in [2.24, 2.45) is 5.73 Å². The summed E-state index contributed by atoms with van der Waals surface area (Å²) in [5, 5.41) is 10.7. The van der Waals surface area contributed by atoms with Crippen LogP contribution < -0.4 is 5.73 Å². The Balaban J connectivity index is 2.12. The molecule has 0 aliphatic rings. The van der Waals surface area contributed by atoms with Gasteiger partial charge in [-0.05, 0) is 31.4 Å². The van der Waals surface area contributed by atoms with Crippen molar-refractivity contribution in [1.29, 1.82) is 0 Å². The third kappa shape index (κ3) is 3.83. The fraction of sp³-hybridized carbons (Fsp3) is 0.333. The molecule has 0 aliphatic heterocycles. The van der Waals surface area contributed by atoms with Crippen molar-refractivity contribution >= 4 is 17.5 Å². The van der Waals surface area contributed by atoms with E-state index in [1.807, 2.05) is 24.3 Å². The number of nitrogens with one attached hydrogen (secondary N) is 1. The van der Waals surface area contributed by atoms with Gasteiger partial charge in [-0.15, -0.1) is 0 Å². The van der Waals surface area contributed by atoms with Gasteiger partial charge in [-0.3, -0.25) is 4.79 Å². The maximum absolute atomic E-state index is 11.1. The third-order valence-electron chi connectivity index (χ3n) is 3.48. The lowest BCUT2D eigenvalue weighted by molar-refractivity contribution is 0.0995. The quantitative estimate of drug-likeness (QED) is 0.764. The molecule has 0 bridgehead atoms. The summed E-state index contributed by atoms with van der Waals surface area (Å²) in [7, 11) is 0.